The monoisotopic (exact) mass is 250 g/mol. The summed E-state index contributed by atoms with van der Waals surface area (Å²) < 4.78 is 12.3. The molecular formula is C13H15FN2O2. The van der Waals surface area contributed by atoms with E-state index in [1.165, 1.54) is 0 Å². The van der Waals surface area contributed by atoms with Crippen LogP contribution < -0.4 is 5.32 Å². The number of rotatable bonds is 2. The topological polar surface area (TPSA) is 49.4 Å². The van der Waals surface area contributed by atoms with Crippen molar-refractivity contribution in [2.24, 2.45) is 0 Å². The number of carbonyl (C=O) groups excluding carboxylic acids is 2. The second-order valence-corrected chi connectivity index (χ2v) is 4.29. The summed E-state index contributed by atoms with van der Waals surface area (Å²) in [5, 5.41) is 2.73. The fraction of sp³-hybridized carbons (Fsp3) is 0.385. The first-order chi connectivity index (χ1) is 8.69. The normalized spacial score (nSPS) is 15.6. The van der Waals surface area contributed by atoms with E-state index in [-0.39, 0.29) is 11.8 Å². The molecule has 1 N–H and O–H groups in total. The molecule has 0 aromatic heterocycles. The zero-order valence-corrected chi connectivity index (χ0v) is 9.99. The lowest BCUT2D eigenvalue weighted by atomic mass is 10.1. The third-order valence-electron chi connectivity index (χ3n) is 2.97. The Bertz CT molecular complexity index is 435. The highest BCUT2D eigenvalue weighted by atomic mass is 19.1. The Morgan fingerprint density at radius 3 is 2.39 bits per heavy atom. The Kier molecular flexibility index (Phi) is 3.92. The minimum atomic E-state index is -0.511. The van der Waals surface area contributed by atoms with Crippen LogP contribution in [-0.2, 0) is 11.5 Å². The van der Waals surface area contributed by atoms with Crippen molar-refractivity contribution in [2.75, 3.05) is 18.4 Å². The molecule has 2 amide bonds. The van der Waals surface area contributed by atoms with Crippen LogP contribution in [0.4, 0.5) is 14.9 Å². The molecule has 0 atom stereocenters. The number of nitrogens with zero attached hydrogens (tertiary/aromatic N) is 1. The number of nitrogens with one attached hydrogen (secondary N) is 1. The zero-order chi connectivity index (χ0) is 13.0. The third kappa shape index (κ3) is 3.06. The summed E-state index contributed by atoms with van der Waals surface area (Å²) in [6.07, 6.45) is 0.850. The van der Waals surface area contributed by atoms with E-state index < -0.39 is 6.67 Å². The summed E-state index contributed by atoms with van der Waals surface area (Å²) in [5.41, 5.74) is 1.21. The molecule has 1 aliphatic rings. The zero-order valence-electron chi connectivity index (χ0n) is 9.99. The van der Waals surface area contributed by atoms with Gasteiger partial charge in [-0.3, -0.25) is 4.79 Å². The molecule has 1 aromatic rings. The number of urea groups is 1. The van der Waals surface area contributed by atoms with Crippen LogP contribution in [0.25, 0.3) is 0 Å². The van der Waals surface area contributed by atoms with Gasteiger partial charge in [-0.1, -0.05) is 12.1 Å². The highest BCUT2D eigenvalue weighted by Crippen LogP contribution is 2.13. The van der Waals surface area contributed by atoms with E-state index in [1.54, 1.807) is 29.2 Å². The van der Waals surface area contributed by atoms with Crippen molar-refractivity contribution in [3.63, 3.8) is 0 Å². The van der Waals surface area contributed by atoms with Gasteiger partial charge in [0.05, 0.1) is 0 Å². The average molecular weight is 250 g/mol. The molecule has 0 unspecified atom stereocenters. The summed E-state index contributed by atoms with van der Waals surface area (Å²) in [7, 11) is 0. The number of amides is 2. The van der Waals surface area contributed by atoms with Crippen LogP contribution in [0, 0.1) is 0 Å². The molecule has 1 heterocycles. The summed E-state index contributed by atoms with van der Waals surface area (Å²) >= 11 is 0. The van der Waals surface area contributed by atoms with Crippen molar-refractivity contribution in [3.8, 4) is 0 Å². The molecule has 0 saturated carbocycles. The van der Waals surface area contributed by atoms with Gasteiger partial charge in [0.25, 0.3) is 0 Å². The van der Waals surface area contributed by atoms with Crippen LogP contribution in [0.1, 0.15) is 18.4 Å². The Hall–Kier alpha value is -1.91. The molecule has 1 aromatic carbocycles. The van der Waals surface area contributed by atoms with E-state index in [0.29, 0.717) is 37.2 Å². The quantitative estimate of drug-likeness (QED) is 0.875. The largest absolute Gasteiger partial charge is 0.324 e. The Labute approximate surface area is 105 Å². The van der Waals surface area contributed by atoms with Crippen molar-refractivity contribution in [3.05, 3.63) is 29.8 Å². The van der Waals surface area contributed by atoms with Crippen LogP contribution in [0.15, 0.2) is 24.3 Å². The molecule has 1 aliphatic heterocycles. The standard InChI is InChI=1S/C13H15FN2O2/c14-9-10-1-3-11(4-2-10)15-13(18)16-7-5-12(17)6-8-16/h1-4H,5-9H2,(H,15,18). The highest BCUT2D eigenvalue weighted by molar-refractivity contribution is 5.91. The second-order valence-electron chi connectivity index (χ2n) is 4.29. The molecule has 0 radical (unpaired) electrons. The maximum atomic E-state index is 12.3. The van der Waals surface area contributed by atoms with Gasteiger partial charge in [-0.05, 0) is 17.7 Å². The second kappa shape index (κ2) is 5.62. The van der Waals surface area contributed by atoms with E-state index in [0.717, 1.165) is 0 Å². The third-order valence-corrected chi connectivity index (χ3v) is 2.97. The Balaban J connectivity index is 1.92. The maximum Gasteiger partial charge on any atom is 0.321 e. The molecule has 0 spiro atoms. The van der Waals surface area contributed by atoms with E-state index in [4.69, 9.17) is 0 Å². The van der Waals surface area contributed by atoms with Gasteiger partial charge in [-0.2, -0.15) is 0 Å². The first-order valence-electron chi connectivity index (χ1n) is 5.91. The smallest absolute Gasteiger partial charge is 0.321 e. The fourth-order valence-corrected chi connectivity index (χ4v) is 1.84. The number of halogens is 1. The number of alkyl halides is 1. The maximum absolute atomic E-state index is 12.3. The molecule has 4 nitrogen and oxygen atoms in total. The molecule has 96 valence electrons. The van der Waals surface area contributed by atoms with Gasteiger partial charge in [0.1, 0.15) is 12.5 Å². The van der Waals surface area contributed by atoms with Gasteiger partial charge < -0.3 is 10.2 Å². The molecule has 0 aliphatic carbocycles. The van der Waals surface area contributed by atoms with Gasteiger partial charge >= 0.3 is 6.03 Å². The lowest BCUT2D eigenvalue weighted by Gasteiger charge is -2.26. The minimum Gasteiger partial charge on any atom is -0.324 e. The van der Waals surface area contributed by atoms with Crippen LogP contribution in [0.5, 0.6) is 0 Å². The fourth-order valence-electron chi connectivity index (χ4n) is 1.84. The molecule has 1 fully saturated rings. The SMILES string of the molecule is O=C1CCN(C(=O)Nc2ccc(CF)cc2)CC1. The first kappa shape index (κ1) is 12.5. The van der Waals surface area contributed by atoms with Crippen molar-refractivity contribution in [1.29, 1.82) is 0 Å². The number of hydrogen-bond donors (Lipinski definition) is 1. The Morgan fingerprint density at radius 1 is 1.22 bits per heavy atom. The highest BCUT2D eigenvalue weighted by Gasteiger charge is 2.20. The van der Waals surface area contributed by atoms with Crippen LogP contribution in [0.3, 0.4) is 0 Å². The molecule has 0 bridgehead atoms. The summed E-state index contributed by atoms with van der Waals surface area (Å²) in [5.74, 6) is 0.200. The van der Waals surface area contributed by atoms with E-state index in [2.05, 4.69) is 5.32 Å². The number of piperidine rings is 1. The van der Waals surface area contributed by atoms with Crippen molar-refractivity contribution < 1.29 is 14.0 Å². The number of benzene rings is 1. The van der Waals surface area contributed by atoms with E-state index in [1.807, 2.05) is 0 Å². The van der Waals surface area contributed by atoms with Gasteiger partial charge in [-0.15, -0.1) is 0 Å². The number of likely N-dealkylation sites (tertiary alicyclic amines) is 1. The molecule has 1 saturated heterocycles. The van der Waals surface area contributed by atoms with Crippen molar-refractivity contribution >= 4 is 17.5 Å². The van der Waals surface area contributed by atoms with Crippen LogP contribution >= 0.6 is 0 Å². The number of anilines is 1. The molecule has 18 heavy (non-hydrogen) atoms. The number of ketones is 1. The van der Waals surface area contributed by atoms with E-state index >= 15 is 0 Å². The lowest BCUT2D eigenvalue weighted by Crippen LogP contribution is -2.41. The van der Waals surface area contributed by atoms with Crippen molar-refractivity contribution in [2.45, 2.75) is 19.5 Å². The van der Waals surface area contributed by atoms with Gasteiger partial charge in [-0.25, -0.2) is 9.18 Å². The van der Waals surface area contributed by atoms with Crippen LogP contribution in [0.2, 0.25) is 0 Å². The summed E-state index contributed by atoms with van der Waals surface area (Å²) in [4.78, 5) is 24.5. The predicted molar refractivity (Wildman–Crippen MR) is 66.1 cm³/mol. The number of carbonyl (C=O) groups is 2. The van der Waals surface area contributed by atoms with Gasteiger partial charge in [0.2, 0.25) is 0 Å². The van der Waals surface area contributed by atoms with Crippen LogP contribution in [-0.4, -0.2) is 29.8 Å². The first-order valence-corrected chi connectivity index (χ1v) is 5.91. The van der Waals surface area contributed by atoms with Crippen molar-refractivity contribution in [1.82, 2.24) is 4.90 Å². The minimum absolute atomic E-state index is 0.200. The predicted octanol–water partition coefficient (Wildman–Crippen LogP) is 2.35. The van der Waals surface area contributed by atoms with Gasteiger partial charge in [0, 0.05) is 31.6 Å². The number of hydrogen-bond acceptors (Lipinski definition) is 2. The Morgan fingerprint density at radius 2 is 1.83 bits per heavy atom. The lowest BCUT2D eigenvalue weighted by molar-refractivity contribution is -0.120. The molecule has 2 rings (SSSR count). The molecule has 5 heteroatoms. The van der Waals surface area contributed by atoms with Gasteiger partial charge in [0.15, 0.2) is 0 Å². The number of Topliss-reactive ketones (excluding diaryl/α,β-unsaturated/α-hetero) is 1. The summed E-state index contributed by atoms with van der Waals surface area (Å²) in [6, 6.07) is 6.39. The molecular weight excluding hydrogens is 235 g/mol. The average Bonchev–Trinajstić information content (AvgIpc) is 2.40. The summed E-state index contributed by atoms with van der Waals surface area (Å²) in [6.45, 7) is 0.420. The van der Waals surface area contributed by atoms with E-state index in [9.17, 15) is 14.0 Å².